The van der Waals surface area contributed by atoms with Gasteiger partial charge in [0.1, 0.15) is 0 Å². The number of rotatable bonds is 8. The normalized spacial score (nSPS) is 24.0. The number of hydrogen-bond donors (Lipinski definition) is 2. The number of nitrogens with one attached hydrogen (secondary N) is 1. The summed E-state index contributed by atoms with van der Waals surface area (Å²) in [5, 5.41) is 16.3. The van der Waals surface area contributed by atoms with Crippen LogP contribution in [-0.2, 0) is 16.0 Å². The van der Waals surface area contributed by atoms with E-state index in [-0.39, 0.29) is 24.7 Å². The molecule has 0 aliphatic carbocycles. The molecule has 30 heavy (non-hydrogen) atoms. The van der Waals surface area contributed by atoms with Gasteiger partial charge in [-0.25, -0.2) is 0 Å². The van der Waals surface area contributed by atoms with Gasteiger partial charge < -0.3 is 19.7 Å². The van der Waals surface area contributed by atoms with Gasteiger partial charge in [0.05, 0.1) is 12.7 Å². The van der Waals surface area contributed by atoms with Gasteiger partial charge in [-0.05, 0) is 32.3 Å². The first-order valence-electron chi connectivity index (χ1n) is 10.8. The third-order valence-corrected chi connectivity index (χ3v) is 5.85. The Kier molecular flexibility index (Phi) is 6.76. The molecule has 1 amide bonds. The molecule has 0 unspecified atom stereocenters. The van der Waals surface area contributed by atoms with Crippen LogP contribution in [0.4, 0.5) is 0 Å². The zero-order valence-electron chi connectivity index (χ0n) is 17.4. The van der Waals surface area contributed by atoms with Crippen LogP contribution in [0, 0.1) is 6.92 Å². The van der Waals surface area contributed by atoms with Crippen LogP contribution >= 0.6 is 0 Å². The molecule has 2 saturated heterocycles. The molecular formula is C22H30N4O4. The standard InChI is InChI=1S/C22H30N4O4/c1-15-4-2-5-16(10-15)22-24-21(30-25-22)7-3-6-20(28)23-17-11-18-14-29-19(8-9-27)13-26(18)12-17/h2,4-5,10,17-19,27H,3,6-9,11-14H2,1H3,(H,23,28)/t17-,18+,19+/m1/s1. The third kappa shape index (κ3) is 5.24. The Morgan fingerprint density at radius 3 is 3.10 bits per heavy atom. The predicted octanol–water partition coefficient (Wildman–Crippen LogP) is 1.71. The molecule has 0 radical (unpaired) electrons. The Hall–Kier alpha value is -2.29. The van der Waals surface area contributed by atoms with Crippen molar-refractivity contribution < 1.29 is 19.2 Å². The van der Waals surface area contributed by atoms with Crippen LogP contribution in [-0.4, -0.2) is 70.5 Å². The lowest BCUT2D eigenvalue weighted by molar-refractivity contribution is -0.121. The molecule has 8 heteroatoms. The highest BCUT2D eigenvalue weighted by molar-refractivity contribution is 5.76. The molecule has 2 aliphatic heterocycles. The summed E-state index contributed by atoms with van der Waals surface area (Å²) in [5.74, 6) is 1.21. The summed E-state index contributed by atoms with van der Waals surface area (Å²) in [5.41, 5.74) is 2.08. The van der Waals surface area contributed by atoms with Crippen molar-refractivity contribution in [2.24, 2.45) is 0 Å². The summed E-state index contributed by atoms with van der Waals surface area (Å²) < 4.78 is 11.1. The minimum Gasteiger partial charge on any atom is -0.396 e. The van der Waals surface area contributed by atoms with E-state index >= 15 is 0 Å². The number of morpholine rings is 1. The highest BCUT2D eigenvalue weighted by Crippen LogP contribution is 2.24. The maximum absolute atomic E-state index is 12.4. The molecule has 0 bridgehead atoms. The molecule has 1 aromatic carbocycles. The van der Waals surface area contributed by atoms with E-state index in [1.54, 1.807) is 0 Å². The van der Waals surface area contributed by atoms with E-state index in [1.807, 2.05) is 31.2 Å². The van der Waals surface area contributed by atoms with Crippen molar-refractivity contribution in [3.05, 3.63) is 35.7 Å². The molecule has 2 N–H and O–H groups in total. The van der Waals surface area contributed by atoms with Crippen LogP contribution in [0.5, 0.6) is 0 Å². The van der Waals surface area contributed by atoms with E-state index in [4.69, 9.17) is 14.4 Å². The van der Waals surface area contributed by atoms with E-state index < -0.39 is 0 Å². The number of aliphatic hydroxyl groups is 1. The largest absolute Gasteiger partial charge is 0.396 e. The van der Waals surface area contributed by atoms with Crippen molar-refractivity contribution in [1.29, 1.82) is 0 Å². The number of aromatic nitrogens is 2. The number of carbonyl (C=O) groups is 1. The Morgan fingerprint density at radius 2 is 2.27 bits per heavy atom. The minimum absolute atomic E-state index is 0.0612. The van der Waals surface area contributed by atoms with Gasteiger partial charge in [0.15, 0.2) is 0 Å². The molecule has 3 heterocycles. The Bertz CT molecular complexity index is 855. The van der Waals surface area contributed by atoms with Crippen molar-refractivity contribution >= 4 is 5.91 Å². The smallest absolute Gasteiger partial charge is 0.226 e. The van der Waals surface area contributed by atoms with E-state index in [1.165, 1.54) is 0 Å². The molecule has 0 spiro atoms. The number of ether oxygens (including phenoxy) is 1. The summed E-state index contributed by atoms with van der Waals surface area (Å²) in [4.78, 5) is 19.2. The van der Waals surface area contributed by atoms with Crippen LogP contribution in [0.15, 0.2) is 28.8 Å². The number of carbonyl (C=O) groups excluding carboxylic acids is 1. The van der Waals surface area contributed by atoms with Crippen LogP contribution in [0.2, 0.25) is 0 Å². The van der Waals surface area contributed by atoms with E-state index in [2.05, 4.69) is 20.4 Å². The van der Waals surface area contributed by atoms with Crippen molar-refractivity contribution in [1.82, 2.24) is 20.4 Å². The summed E-state index contributed by atoms with van der Waals surface area (Å²) in [6.07, 6.45) is 3.38. The second-order valence-electron chi connectivity index (χ2n) is 8.31. The average Bonchev–Trinajstić information content (AvgIpc) is 3.34. The third-order valence-electron chi connectivity index (χ3n) is 5.85. The molecule has 2 aromatic rings. The summed E-state index contributed by atoms with van der Waals surface area (Å²) in [7, 11) is 0. The molecule has 0 saturated carbocycles. The molecule has 3 atom stereocenters. The van der Waals surface area contributed by atoms with Crippen molar-refractivity contribution in [2.45, 2.75) is 57.2 Å². The van der Waals surface area contributed by atoms with E-state index in [0.717, 1.165) is 30.6 Å². The summed E-state index contributed by atoms with van der Waals surface area (Å²) in [6, 6.07) is 8.51. The fourth-order valence-corrected chi connectivity index (χ4v) is 4.32. The number of benzene rings is 1. The van der Waals surface area contributed by atoms with Gasteiger partial charge in [-0.2, -0.15) is 4.98 Å². The number of nitrogens with zero attached hydrogens (tertiary/aromatic N) is 3. The van der Waals surface area contributed by atoms with E-state index in [9.17, 15) is 4.79 Å². The Balaban J connectivity index is 1.19. The number of amides is 1. The first-order valence-corrected chi connectivity index (χ1v) is 10.8. The molecule has 8 nitrogen and oxygen atoms in total. The van der Waals surface area contributed by atoms with E-state index in [0.29, 0.717) is 50.0 Å². The molecule has 2 fully saturated rings. The molecular weight excluding hydrogens is 384 g/mol. The van der Waals surface area contributed by atoms with Crippen LogP contribution in [0.1, 0.15) is 37.1 Å². The lowest BCUT2D eigenvalue weighted by Gasteiger charge is -2.34. The van der Waals surface area contributed by atoms with Crippen molar-refractivity contribution in [3.63, 3.8) is 0 Å². The van der Waals surface area contributed by atoms with Gasteiger partial charge in [0, 0.05) is 50.2 Å². The Morgan fingerprint density at radius 1 is 1.37 bits per heavy atom. The molecule has 1 aromatic heterocycles. The van der Waals surface area contributed by atoms with Crippen LogP contribution in [0.25, 0.3) is 11.4 Å². The topological polar surface area (TPSA) is 101 Å². The average molecular weight is 415 g/mol. The highest BCUT2D eigenvalue weighted by atomic mass is 16.5. The van der Waals surface area contributed by atoms with Crippen molar-refractivity contribution in [3.8, 4) is 11.4 Å². The fraction of sp³-hybridized carbons (Fsp3) is 0.591. The number of aliphatic hydroxyl groups excluding tert-OH is 1. The second kappa shape index (κ2) is 9.68. The summed E-state index contributed by atoms with van der Waals surface area (Å²) >= 11 is 0. The van der Waals surface area contributed by atoms with Gasteiger partial charge in [-0.1, -0.05) is 28.9 Å². The lowest BCUT2D eigenvalue weighted by atomic mass is 10.1. The molecule has 162 valence electrons. The monoisotopic (exact) mass is 414 g/mol. The second-order valence-corrected chi connectivity index (χ2v) is 8.31. The quantitative estimate of drug-likeness (QED) is 0.678. The minimum atomic E-state index is 0.0612. The van der Waals surface area contributed by atoms with Gasteiger partial charge in [-0.15, -0.1) is 0 Å². The van der Waals surface area contributed by atoms with Gasteiger partial charge >= 0.3 is 0 Å². The summed E-state index contributed by atoms with van der Waals surface area (Å²) in [6.45, 7) is 4.54. The van der Waals surface area contributed by atoms with Gasteiger partial charge in [-0.3, -0.25) is 9.69 Å². The molecule has 2 aliphatic rings. The molecule has 4 rings (SSSR count). The lowest BCUT2D eigenvalue weighted by Crippen LogP contribution is -2.46. The van der Waals surface area contributed by atoms with Crippen molar-refractivity contribution in [2.75, 3.05) is 26.3 Å². The number of aryl methyl sites for hydroxylation is 2. The maximum Gasteiger partial charge on any atom is 0.226 e. The van der Waals surface area contributed by atoms with Crippen LogP contribution in [0.3, 0.4) is 0 Å². The Labute approximate surface area is 176 Å². The highest BCUT2D eigenvalue weighted by Gasteiger charge is 2.37. The maximum atomic E-state index is 12.4. The zero-order valence-corrected chi connectivity index (χ0v) is 17.4. The number of hydrogen-bond acceptors (Lipinski definition) is 7. The van der Waals surface area contributed by atoms with Gasteiger partial charge in [0.2, 0.25) is 17.6 Å². The number of fused-ring (bicyclic) bond motifs is 1. The first kappa shape index (κ1) is 21.0. The van der Waals surface area contributed by atoms with Crippen LogP contribution < -0.4 is 5.32 Å². The van der Waals surface area contributed by atoms with Gasteiger partial charge in [0.25, 0.3) is 0 Å². The first-order chi connectivity index (χ1) is 14.6. The SMILES string of the molecule is Cc1cccc(-c2noc(CCCC(=O)N[C@@H]3C[C@H]4CO[C@@H](CCO)CN4C3)n2)c1. The predicted molar refractivity (Wildman–Crippen MR) is 111 cm³/mol. The zero-order chi connectivity index (χ0) is 20.9. The fourth-order valence-electron chi connectivity index (χ4n) is 4.32.